The van der Waals surface area contributed by atoms with Gasteiger partial charge in [-0.2, -0.15) is 0 Å². The first-order chi connectivity index (χ1) is 8.72. The van der Waals surface area contributed by atoms with Crippen molar-refractivity contribution in [2.75, 3.05) is 13.2 Å². The zero-order valence-electron chi connectivity index (χ0n) is 11.9. The van der Waals surface area contributed by atoms with Crippen LogP contribution < -0.4 is 0 Å². The molecular formula is C15H27NO2. The number of hydrogen-bond donors (Lipinski definition) is 0. The van der Waals surface area contributed by atoms with Crippen LogP contribution in [0.1, 0.15) is 58.8 Å². The summed E-state index contributed by atoms with van der Waals surface area (Å²) < 4.78 is 5.25. The van der Waals surface area contributed by atoms with Crippen molar-refractivity contribution in [2.45, 2.75) is 70.9 Å². The third kappa shape index (κ3) is 3.25. The van der Waals surface area contributed by atoms with E-state index in [0.717, 1.165) is 18.9 Å². The molecule has 2 fully saturated rings. The van der Waals surface area contributed by atoms with E-state index in [1.807, 2.05) is 6.92 Å². The molecule has 3 heteroatoms. The van der Waals surface area contributed by atoms with Crippen LogP contribution in [0.3, 0.4) is 0 Å². The van der Waals surface area contributed by atoms with Crippen LogP contribution in [0.15, 0.2) is 0 Å². The van der Waals surface area contributed by atoms with E-state index in [1.165, 1.54) is 38.5 Å². The van der Waals surface area contributed by atoms with Crippen LogP contribution in [0.2, 0.25) is 0 Å². The van der Waals surface area contributed by atoms with Crippen LogP contribution in [-0.4, -0.2) is 36.1 Å². The highest BCUT2D eigenvalue weighted by molar-refractivity contribution is 5.75. The lowest BCUT2D eigenvalue weighted by Gasteiger charge is -2.42. The molecule has 0 aromatic rings. The molecule has 1 saturated carbocycles. The predicted molar refractivity (Wildman–Crippen MR) is 72.4 cm³/mol. The molecule has 0 N–H and O–H groups in total. The number of hydrogen-bond acceptors (Lipinski definition) is 3. The van der Waals surface area contributed by atoms with Crippen molar-refractivity contribution >= 4 is 5.97 Å². The summed E-state index contributed by atoms with van der Waals surface area (Å²) in [5, 5.41) is 0. The fraction of sp³-hybridized carbons (Fsp3) is 0.933. The summed E-state index contributed by atoms with van der Waals surface area (Å²) in [6.07, 6.45) is 8.59. The van der Waals surface area contributed by atoms with Gasteiger partial charge in [-0.3, -0.25) is 9.69 Å². The van der Waals surface area contributed by atoms with Crippen LogP contribution in [0.25, 0.3) is 0 Å². The first kappa shape index (κ1) is 13.9. The summed E-state index contributed by atoms with van der Waals surface area (Å²) in [7, 11) is 0. The van der Waals surface area contributed by atoms with Gasteiger partial charge in [0.25, 0.3) is 0 Å². The van der Waals surface area contributed by atoms with Gasteiger partial charge < -0.3 is 4.74 Å². The average Bonchev–Trinajstić information content (AvgIpc) is 2.39. The first-order valence-electron chi connectivity index (χ1n) is 7.64. The highest BCUT2D eigenvalue weighted by atomic mass is 16.5. The second kappa shape index (κ2) is 6.55. The second-order valence-corrected chi connectivity index (χ2v) is 5.93. The summed E-state index contributed by atoms with van der Waals surface area (Å²) in [6, 6.07) is 0.650. The molecule has 2 rings (SSSR count). The van der Waals surface area contributed by atoms with Gasteiger partial charge in [-0.15, -0.1) is 0 Å². The van der Waals surface area contributed by atoms with E-state index in [9.17, 15) is 4.79 Å². The molecule has 1 heterocycles. The number of likely N-dealkylation sites (tertiary alicyclic amines) is 1. The summed E-state index contributed by atoms with van der Waals surface area (Å²) in [5.74, 6) is 0.823. The van der Waals surface area contributed by atoms with E-state index in [0.29, 0.717) is 12.6 Å². The minimum Gasteiger partial charge on any atom is -0.465 e. The van der Waals surface area contributed by atoms with Gasteiger partial charge in [-0.05, 0) is 45.1 Å². The van der Waals surface area contributed by atoms with E-state index >= 15 is 0 Å². The van der Waals surface area contributed by atoms with Crippen LogP contribution in [0.4, 0.5) is 0 Å². The number of carbonyl (C=O) groups excluding carboxylic acids is 1. The summed E-state index contributed by atoms with van der Waals surface area (Å²) in [6.45, 7) is 5.83. The molecule has 3 atom stereocenters. The molecule has 3 nitrogen and oxygen atoms in total. The van der Waals surface area contributed by atoms with Crippen molar-refractivity contribution in [2.24, 2.45) is 5.92 Å². The highest BCUT2D eigenvalue weighted by Gasteiger charge is 2.35. The van der Waals surface area contributed by atoms with Crippen molar-refractivity contribution in [1.29, 1.82) is 0 Å². The van der Waals surface area contributed by atoms with Gasteiger partial charge in [0.1, 0.15) is 6.04 Å². The van der Waals surface area contributed by atoms with Crippen molar-refractivity contribution < 1.29 is 9.53 Å². The van der Waals surface area contributed by atoms with E-state index in [-0.39, 0.29) is 12.0 Å². The van der Waals surface area contributed by atoms with Gasteiger partial charge in [0, 0.05) is 6.04 Å². The molecule has 0 aromatic heterocycles. The van der Waals surface area contributed by atoms with Crippen LogP contribution >= 0.6 is 0 Å². The summed E-state index contributed by atoms with van der Waals surface area (Å²) in [4.78, 5) is 14.5. The highest BCUT2D eigenvalue weighted by Crippen LogP contribution is 2.31. The minimum atomic E-state index is 0.00965. The van der Waals surface area contributed by atoms with Crippen molar-refractivity contribution in [3.8, 4) is 0 Å². The molecule has 0 spiro atoms. The number of piperidine rings is 1. The van der Waals surface area contributed by atoms with Crippen molar-refractivity contribution in [3.63, 3.8) is 0 Å². The Morgan fingerprint density at radius 1 is 1.22 bits per heavy atom. The fourth-order valence-corrected chi connectivity index (χ4v) is 3.59. The zero-order chi connectivity index (χ0) is 13.0. The smallest absolute Gasteiger partial charge is 0.323 e. The lowest BCUT2D eigenvalue weighted by atomic mass is 9.84. The van der Waals surface area contributed by atoms with E-state index in [4.69, 9.17) is 4.74 Å². The topological polar surface area (TPSA) is 29.5 Å². The SMILES string of the molecule is CCOC(=O)C1CCCCN1C1CCCC(C)C1. The number of esters is 1. The standard InChI is InChI=1S/C15H27NO2/c1-3-18-15(17)14-9-4-5-10-16(14)13-8-6-7-12(2)11-13/h12-14H,3-11H2,1-2H3. The largest absolute Gasteiger partial charge is 0.465 e. The maximum atomic E-state index is 12.1. The van der Waals surface area contributed by atoms with Crippen LogP contribution in [0, 0.1) is 5.92 Å². The molecule has 104 valence electrons. The molecule has 0 radical (unpaired) electrons. The minimum absolute atomic E-state index is 0.00965. The van der Waals surface area contributed by atoms with Gasteiger partial charge in [0.2, 0.25) is 0 Å². The maximum absolute atomic E-state index is 12.1. The van der Waals surface area contributed by atoms with Crippen LogP contribution in [0.5, 0.6) is 0 Å². The quantitative estimate of drug-likeness (QED) is 0.724. The van der Waals surface area contributed by atoms with Gasteiger partial charge in [0.05, 0.1) is 6.61 Å². The van der Waals surface area contributed by atoms with Gasteiger partial charge in [-0.25, -0.2) is 0 Å². The molecule has 1 aliphatic heterocycles. The van der Waals surface area contributed by atoms with Crippen molar-refractivity contribution in [3.05, 3.63) is 0 Å². The van der Waals surface area contributed by atoms with Crippen molar-refractivity contribution in [1.82, 2.24) is 4.90 Å². The molecule has 18 heavy (non-hydrogen) atoms. The molecule has 0 aromatic carbocycles. The fourth-order valence-electron chi connectivity index (χ4n) is 3.59. The Morgan fingerprint density at radius 2 is 2.06 bits per heavy atom. The van der Waals surface area contributed by atoms with E-state index < -0.39 is 0 Å². The number of ether oxygens (including phenoxy) is 1. The Balaban J connectivity index is 2.00. The predicted octanol–water partition coefficient (Wildman–Crippen LogP) is 2.98. The molecule has 0 amide bonds. The first-order valence-corrected chi connectivity index (χ1v) is 7.64. The Kier molecular flexibility index (Phi) is 5.04. The average molecular weight is 253 g/mol. The van der Waals surface area contributed by atoms with E-state index in [1.54, 1.807) is 0 Å². The number of rotatable bonds is 3. The molecular weight excluding hydrogens is 226 g/mol. The second-order valence-electron chi connectivity index (χ2n) is 5.93. The lowest BCUT2D eigenvalue weighted by molar-refractivity contribution is -0.152. The Hall–Kier alpha value is -0.570. The Labute approximate surface area is 111 Å². The zero-order valence-corrected chi connectivity index (χ0v) is 11.9. The normalized spacial score (nSPS) is 34.2. The number of carbonyl (C=O) groups is 1. The van der Waals surface area contributed by atoms with Crippen LogP contribution in [-0.2, 0) is 9.53 Å². The Bertz CT molecular complexity index is 280. The molecule has 0 bridgehead atoms. The molecule has 3 unspecified atom stereocenters. The lowest BCUT2D eigenvalue weighted by Crippen LogP contribution is -2.51. The van der Waals surface area contributed by atoms with Gasteiger partial charge in [-0.1, -0.05) is 26.2 Å². The summed E-state index contributed by atoms with van der Waals surface area (Å²) >= 11 is 0. The molecule has 2 aliphatic rings. The third-order valence-corrected chi connectivity index (χ3v) is 4.48. The number of nitrogens with zero attached hydrogens (tertiary/aromatic N) is 1. The molecule has 1 aliphatic carbocycles. The Morgan fingerprint density at radius 3 is 2.78 bits per heavy atom. The van der Waals surface area contributed by atoms with E-state index in [2.05, 4.69) is 11.8 Å². The van der Waals surface area contributed by atoms with Gasteiger partial charge in [0.15, 0.2) is 0 Å². The van der Waals surface area contributed by atoms with Gasteiger partial charge >= 0.3 is 5.97 Å². The molecule has 1 saturated heterocycles. The monoisotopic (exact) mass is 253 g/mol. The third-order valence-electron chi connectivity index (χ3n) is 4.48. The summed E-state index contributed by atoms with van der Waals surface area (Å²) in [5.41, 5.74) is 0. The maximum Gasteiger partial charge on any atom is 0.323 e.